The summed E-state index contributed by atoms with van der Waals surface area (Å²) >= 11 is 0. The molecule has 0 spiro atoms. The van der Waals surface area contributed by atoms with Crippen molar-refractivity contribution in [1.82, 2.24) is 15.1 Å². The zero-order valence-electron chi connectivity index (χ0n) is 8.98. The highest BCUT2D eigenvalue weighted by Gasteiger charge is 2.09. The summed E-state index contributed by atoms with van der Waals surface area (Å²) in [6, 6.07) is 0. The molecule has 0 amide bonds. The molecule has 0 bridgehead atoms. The van der Waals surface area contributed by atoms with Crippen LogP contribution in [0.1, 0.15) is 12.0 Å². The number of nitrogens with one attached hydrogen (secondary N) is 1. The molecule has 1 aromatic heterocycles. The molecule has 1 unspecified atom stereocenters. The second-order valence-electron chi connectivity index (χ2n) is 4.05. The van der Waals surface area contributed by atoms with Gasteiger partial charge in [0.1, 0.15) is 0 Å². The average molecular weight is 207 g/mol. The lowest BCUT2D eigenvalue weighted by atomic mass is 10.0. The maximum absolute atomic E-state index is 9.43. The van der Waals surface area contributed by atoms with Crippen molar-refractivity contribution in [3.8, 4) is 0 Å². The first-order chi connectivity index (χ1) is 7.24. The van der Waals surface area contributed by atoms with Gasteiger partial charge in [0.15, 0.2) is 0 Å². The lowest BCUT2D eigenvalue weighted by Gasteiger charge is -2.18. The first-order valence-corrected chi connectivity index (χ1v) is 5.30. The summed E-state index contributed by atoms with van der Waals surface area (Å²) in [7, 11) is 1.93. The fourth-order valence-electron chi connectivity index (χ4n) is 1.85. The van der Waals surface area contributed by atoms with Gasteiger partial charge in [0.05, 0.1) is 12.3 Å². The van der Waals surface area contributed by atoms with Gasteiger partial charge in [0.2, 0.25) is 0 Å². The molecule has 1 aliphatic rings. The van der Waals surface area contributed by atoms with Crippen LogP contribution in [0.15, 0.2) is 24.0 Å². The van der Waals surface area contributed by atoms with Crippen molar-refractivity contribution in [3.63, 3.8) is 0 Å². The van der Waals surface area contributed by atoms with E-state index in [9.17, 15) is 5.11 Å². The van der Waals surface area contributed by atoms with Crippen LogP contribution >= 0.6 is 0 Å². The van der Waals surface area contributed by atoms with Crippen LogP contribution in [0, 0.1) is 0 Å². The molecule has 82 valence electrons. The summed E-state index contributed by atoms with van der Waals surface area (Å²) in [4.78, 5) is 0. The van der Waals surface area contributed by atoms with Gasteiger partial charge in [-0.15, -0.1) is 0 Å². The highest BCUT2D eigenvalue weighted by molar-refractivity contribution is 5.14. The Morgan fingerprint density at radius 3 is 3.13 bits per heavy atom. The molecule has 0 saturated carbocycles. The van der Waals surface area contributed by atoms with E-state index < -0.39 is 0 Å². The molecule has 0 aliphatic carbocycles. The van der Waals surface area contributed by atoms with E-state index in [-0.39, 0.29) is 6.10 Å². The molecule has 15 heavy (non-hydrogen) atoms. The highest BCUT2D eigenvalue weighted by Crippen LogP contribution is 2.11. The van der Waals surface area contributed by atoms with Crippen LogP contribution in [0.2, 0.25) is 0 Å². The number of hydrogen-bond acceptors (Lipinski definition) is 3. The normalized spacial score (nSPS) is 21.5. The van der Waals surface area contributed by atoms with Gasteiger partial charge in [-0.05, 0) is 18.4 Å². The molecule has 4 nitrogen and oxygen atoms in total. The Labute approximate surface area is 89.6 Å². The van der Waals surface area contributed by atoms with Crippen LogP contribution in [-0.4, -0.2) is 34.1 Å². The Hall–Kier alpha value is -1.13. The number of aromatic nitrogens is 2. The van der Waals surface area contributed by atoms with Crippen LogP contribution < -0.4 is 5.32 Å². The number of hydrogen-bond donors (Lipinski definition) is 2. The van der Waals surface area contributed by atoms with Crippen molar-refractivity contribution in [1.29, 1.82) is 0 Å². The molecule has 0 aromatic carbocycles. The molecule has 1 aromatic rings. The molecule has 0 saturated heterocycles. The van der Waals surface area contributed by atoms with E-state index in [1.807, 2.05) is 30.2 Å². The Bertz CT molecular complexity index is 356. The first kappa shape index (κ1) is 10.4. The third kappa shape index (κ3) is 2.91. The summed E-state index contributed by atoms with van der Waals surface area (Å²) in [6.45, 7) is 1.58. The van der Waals surface area contributed by atoms with E-state index in [0.29, 0.717) is 6.54 Å². The van der Waals surface area contributed by atoms with Gasteiger partial charge >= 0.3 is 0 Å². The predicted molar refractivity (Wildman–Crippen MR) is 58.5 cm³/mol. The van der Waals surface area contributed by atoms with Crippen molar-refractivity contribution < 1.29 is 5.11 Å². The summed E-state index contributed by atoms with van der Waals surface area (Å²) in [5.74, 6) is 0. The van der Waals surface area contributed by atoms with Crippen molar-refractivity contribution >= 4 is 0 Å². The van der Waals surface area contributed by atoms with Crippen LogP contribution in [-0.2, 0) is 13.5 Å². The number of aryl methyl sites for hydroxylation is 2. The lowest BCUT2D eigenvalue weighted by molar-refractivity contribution is 0.212. The fourth-order valence-corrected chi connectivity index (χ4v) is 1.85. The zero-order valence-corrected chi connectivity index (χ0v) is 8.98. The third-order valence-corrected chi connectivity index (χ3v) is 2.63. The van der Waals surface area contributed by atoms with Crippen LogP contribution in [0.4, 0.5) is 0 Å². The van der Waals surface area contributed by atoms with Gasteiger partial charge in [-0.1, -0.05) is 11.6 Å². The Kier molecular flexibility index (Phi) is 3.18. The standard InChI is InChI=1S/C11H17N3O/c1-14-8-10(6-13-14)3-2-9-4-11(15)7-12-5-9/h4,6,8,11-12,15H,2-3,5,7H2,1H3. The van der Waals surface area contributed by atoms with Gasteiger partial charge in [-0.2, -0.15) is 5.10 Å². The number of rotatable bonds is 3. The lowest BCUT2D eigenvalue weighted by Crippen LogP contribution is -2.32. The Morgan fingerprint density at radius 2 is 2.47 bits per heavy atom. The molecule has 1 atom stereocenters. The molecule has 4 heteroatoms. The highest BCUT2D eigenvalue weighted by atomic mass is 16.3. The van der Waals surface area contributed by atoms with Gasteiger partial charge in [-0.3, -0.25) is 4.68 Å². The zero-order chi connectivity index (χ0) is 10.7. The van der Waals surface area contributed by atoms with E-state index in [0.717, 1.165) is 19.4 Å². The summed E-state index contributed by atoms with van der Waals surface area (Å²) in [6.07, 6.45) is 7.57. The van der Waals surface area contributed by atoms with Crippen molar-refractivity contribution in [3.05, 3.63) is 29.6 Å². The maximum atomic E-state index is 9.43. The van der Waals surface area contributed by atoms with Crippen LogP contribution in [0.25, 0.3) is 0 Å². The van der Waals surface area contributed by atoms with Crippen LogP contribution in [0.5, 0.6) is 0 Å². The van der Waals surface area contributed by atoms with E-state index in [4.69, 9.17) is 0 Å². The average Bonchev–Trinajstić information content (AvgIpc) is 2.62. The van der Waals surface area contributed by atoms with Crippen LogP contribution in [0.3, 0.4) is 0 Å². The Morgan fingerprint density at radius 1 is 1.60 bits per heavy atom. The quantitative estimate of drug-likeness (QED) is 0.698. The van der Waals surface area contributed by atoms with Gasteiger partial charge in [-0.25, -0.2) is 0 Å². The van der Waals surface area contributed by atoms with E-state index in [1.54, 1.807) is 0 Å². The molecule has 2 heterocycles. The molecule has 2 N–H and O–H groups in total. The van der Waals surface area contributed by atoms with Crippen molar-refractivity contribution in [2.24, 2.45) is 7.05 Å². The Balaban J connectivity index is 1.87. The maximum Gasteiger partial charge on any atom is 0.0848 e. The number of aliphatic hydroxyl groups is 1. The minimum absolute atomic E-state index is 0.317. The molecular weight excluding hydrogens is 190 g/mol. The van der Waals surface area contributed by atoms with Gasteiger partial charge in [0, 0.05) is 26.3 Å². The second-order valence-corrected chi connectivity index (χ2v) is 4.05. The first-order valence-electron chi connectivity index (χ1n) is 5.30. The van der Waals surface area contributed by atoms with Gasteiger partial charge in [0.25, 0.3) is 0 Å². The van der Waals surface area contributed by atoms with Crippen molar-refractivity contribution in [2.75, 3.05) is 13.1 Å². The minimum Gasteiger partial charge on any atom is -0.388 e. The topological polar surface area (TPSA) is 50.1 Å². The summed E-state index contributed by atoms with van der Waals surface area (Å²) < 4.78 is 1.82. The number of aliphatic hydroxyl groups excluding tert-OH is 1. The second kappa shape index (κ2) is 4.59. The SMILES string of the molecule is Cn1cc(CCC2=CC(O)CNC2)cn1. The molecule has 1 aliphatic heterocycles. The third-order valence-electron chi connectivity index (χ3n) is 2.63. The van der Waals surface area contributed by atoms with E-state index in [1.165, 1.54) is 11.1 Å². The van der Waals surface area contributed by atoms with Gasteiger partial charge < -0.3 is 10.4 Å². The molecule has 2 rings (SSSR count). The van der Waals surface area contributed by atoms with Crippen molar-refractivity contribution in [2.45, 2.75) is 18.9 Å². The summed E-state index contributed by atoms with van der Waals surface area (Å²) in [5, 5.41) is 16.7. The number of nitrogens with zero attached hydrogens (tertiary/aromatic N) is 2. The van der Waals surface area contributed by atoms with E-state index in [2.05, 4.69) is 10.4 Å². The number of β-amino-alcohol motifs (C(OH)–C–C–N with tert-alkyl or cyclic N) is 1. The predicted octanol–water partition coefficient (Wildman–Crippen LogP) is 0.243. The largest absolute Gasteiger partial charge is 0.388 e. The molecule has 0 fully saturated rings. The smallest absolute Gasteiger partial charge is 0.0848 e. The molecular formula is C11H17N3O. The molecule has 0 radical (unpaired) electrons. The van der Waals surface area contributed by atoms with E-state index >= 15 is 0 Å². The minimum atomic E-state index is -0.317. The fraction of sp³-hybridized carbons (Fsp3) is 0.545. The monoisotopic (exact) mass is 207 g/mol. The summed E-state index contributed by atoms with van der Waals surface area (Å²) in [5.41, 5.74) is 2.54.